The minimum Gasteiger partial charge on any atom is -0.496 e. The van der Waals surface area contributed by atoms with Gasteiger partial charge in [0, 0.05) is 5.57 Å². The molecule has 1 aliphatic rings. The molecule has 2 aromatic rings. The Hall–Kier alpha value is -2.28. The van der Waals surface area contributed by atoms with Crippen molar-refractivity contribution in [3.63, 3.8) is 0 Å². The molecule has 3 rings (SSSR count). The number of allylic oxidation sites excluding steroid dienone is 3. The molecule has 0 aliphatic heterocycles. The van der Waals surface area contributed by atoms with E-state index in [0.29, 0.717) is 0 Å². The lowest BCUT2D eigenvalue weighted by molar-refractivity contribution is 0.309. The number of aryl methyl sites for hydroxylation is 2. The first-order chi connectivity index (χ1) is 10.7. The molecule has 2 aromatic carbocycles. The van der Waals surface area contributed by atoms with Crippen molar-refractivity contribution in [3.8, 4) is 0 Å². The van der Waals surface area contributed by atoms with Crippen molar-refractivity contribution in [1.82, 2.24) is 0 Å². The minimum absolute atomic E-state index is 0.905. The van der Waals surface area contributed by atoms with Crippen molar-refractivity contribution >= 4 is 11.1 Å². The summed E-state index contributed by atoms with van der Waals surface area (Å²) in [5.41, 5.74) is 7.48. The van der Waals surface area contributed by atoms with Gasteiger partial charge in [0.15, 0.2) is 0 Å². The second-order valence-corrected chi connectivity index (χ2v) is 5.68. The highest BCUT2D eigenvalue weighted by Gasteiger charge is 2.20. The quantitative estimate of drug-likeness (QED) is 0.740. The summed E-state index contributed by atoms with van der Waals surface area (Å²) in [4.78, 5) is 0. The zero-order valence-electron chi connectivity index (χ0n) is 13.4. The van der Waals surface area contributed by atoms with Gasteiger partial charge in [-0.3, -0.25) is 0 Å². The van der Waals surface area contributed by atoms with Crippen LogP contribution in [0.4, 0.5) is 0 Å². The van der Waals surface area contributed by atoms with Gasteiger partial charge in [-0.15, -0.1) is 0 Å². The second kappa shape index (κ2) is 6.23. The maximum Gasteiger partial charge on any atom is 0.123 e. The van der Waals surface area contributed by atoms with Gasteiger partial charge < -0.3 is 4.74 Å². The molecule has 1 heteroatoms. The molecule has 0 atom stereocenters. The molecule has 1 aliphatic carbocycles. The first-order valence-electron chi connectivity index (χ1n) is 7.65. The Kier molecular flexibility index (Phi) is 4.15. The second-order valence-electron chi connectivity index (χ2n) is 5.68. The number of methoxy groups -OCH3 is 1. The molecule has 1 radical (unpaired) electrons. The SMILES string of the molecule is COC1=CC[CH]C(c2ccccc2C)=C1c1ccc(C)cc1. The average Bonchev–Trinajstić information content (AvgIpc) is 2.55. The van der Waals surface area contributed by atoms with E-state index in [1.54, 1.807) is 7.11 Å². The third-order valence-electron chi connectivity index (χ3n) is 4.14. The summed E-state index contributed by atoms with van der Waals surface area (Å²) in [5, 5.41) is 0. The fraction of sp³-hybridized carbons (Fsp3) is 0.190. The lowest BCUT2D eigenvalue weighted by Gasteiger charge is -2.23. The van der Waals surface area contributed by atoms with E-state index >= 15 is 0 Å². The Balaban J connectivity index is 2.22. The summed E-state index contributed by atoms with van der Waals surface area (Å²) < 4.78 is 5.66. The van der Waals surface area contributed by atoms with Gasteiger partial charge >= 0.3 is 0 Å². The average molecular weight is 289 g/mol. The molecule has 0 amide bonds. The van der Waals surface area contributed by atoms with Gasteiger partial charge in [-0.05, 0) is 55.0 Å². The fourth-order valence-electron chi connectivity index (χ4n) is 2.94. The number of rotatable bonds is 3. The van der Waals surface area contributed by atoms with Crippen molar-refractivity contribution in [3.05, 3.63) is 89.0 Å². The summed E-state index contributed by atoms with van der Waals surface area (Å²) in [6.07, 6.45) is 5.35. The van der Waals surface area contributed by atoms with Gasteiger partial charge in [0.1, 0.15) is 5.76 Å². The van der Waals surface area contributed by atoms with Crippen LogP contribution in [0.5, 0.6) is 0 Å². The molecule has 0 N–H and O–H groups in total. The first-order valence-corrected chi connectivity index (χ1v) is 7.65. The Morgan fingerprint density at radius 2 is 1.64 bits per heavy atom. The Bertz CT molecular complexity index is 733. The van der Waals surface area contributed by atoms with Crippen LogP contribution in [0.25, 0.3) is 11.1 Å². The molecular formula is C21H21O. The molecule has 0 heterocycles. The standard InChI is InChI=1S/C21H21O/c1-15-11-13-17(14-12-15)21-19(9-6-10-20(21)22-3)18-8-5-4-7-16(18)2/h4-5,7-14H,6H2,1-3H3. The fourth-order valence-corrected chi connectivity index (χ4v) is 2.94. The third-order valence-corrected chi connectivity index (χ3v) is 4.14. The van der Waals surface area contributed by atoms with Crippen molar-refractivity contribution in [1.29, 1.82) is 0 Å². The van der Waals surface area contributed by atoms with Gasteiger partial charge in [0.05, 0.1) is 7.11 Å². The predicted octanol–water partition coefficient (Wildman–Crippen LogP) is 5.35. The van der Waals surface area contributed by atoms with Crippen LogP contribution in [0.3, 0.4) is 0 Å². The number of hydrogen-bond acceptors (Lipinski definition) is 1. The molecule has 0 unspecified atom stereocenters. The van der Waals surface area contributed by atoms with E-state index in [4.69, 9.17) is 4.74 Å². The van der Waals surface area contributed by atoms with Crippen LogP contribution < -0.4 is 0 Å². The van der Waals surface area contributed by atoms with Crippen molar-refractivity contribution in [2.24, 2.45) is 0 Å². The molecule has 0 fully saturated rings. The molecule has 0 saturated heterocycles. The van der Waals surface area contributed by atoms with Crippen LogP contribution in [0.1, 0.15) is 28.7 Å². The molecule has 0 saturated carbocycles. The van der Waals surface area contributed by atoms with Crippen molar-refractivity contribution in [2.45, 2.75) is 20.3 Å². The Labute approximate surface area is 133 Å². The lowest BCUT2D eigenvalue weighted by Crippen LogP contribution is -2.04. The zero-order valence-corrected chi connectivity index (χ0v) is 13.4. The third kappa shape index (κ3) is 2.71. The summed E-state index contributed by atoms with van der Waals surface area (Å²) in [6, 6.07) is 17.2. The molecule has 22 heavy (non-hydrogen) atoms. The maximum atomic E-state index is 5.66. The van der Waals surface area contributed by atoms with E-state index in [2.05, 4.69) is 74.9 Å². The Morgan fingerprint density at radius 1 is 0.909 bits per heavy atom. The van der Waals surface area contributed by atoms with E-state index in [1.807, 2.05) is 0 Å². The lowest BCUT2D eigenvalue weighted by atomic mass is 9.85. The highest BCUT2D eigenvalue weighted by Crippen LogP contribution is 2.39. The van der Waals surface area contributed by atoms with Gasteiger partial charge in [-0.25, -0.2) is 0 Å². The first kappa shape index (κ1) is 14.6. The number of benzene rings is 2. The van der Waals surface area contributed by atoms with E-state index in [-0.39, 0.29) is 0 Å². The predicted molar refractivity (Wildman–Crippen MR) is 93.2 cm³/mol. The van der Waals surface area contributed by atoms with Crippen LogP contribution >= 0.6 is 0 Å². The van der Waals surface area contributed by atoms with Gasteiger partial charge in [0.2, 0.25) is 0 Å². The van der Waals surface area contributed by atoms with E-state index in [9.17, 15) is 0 Å². The van der Waals surface area contributed by atoms with Crippen LogP contribution in [-0.4, -0.2) is 7.11 Å². The maximum absolute atomic E-state index is 5.66. The molecule has 0 bridgehead atoms. The largest absolute Gasteiger partial charge is 0.496 e. The van der Waals surface area contributed by atoms with Crippen molar-refractivity contribution < 1.29 is 4.74 Å². The monoisotopic (exact) mass is 289 g/mol. The molecule has 1 nitrogen and oxygen atoms in total. The van der Waals surface area contributed by atoms with Gasteiger partial charge in [-0.1, -0.05) is 54.1 Å². The number of ether oxygens (including phenoxy) is 1. The smallest absolute Gasteiger partial charge is 0.123 e. The van der Waals surface area contributed by atoms with E-state index < -0.39 is 0 Å². The van der Waals surface area contributed by atoms with E-state index in [0.717, 1.165) is 12.2 Å². The van der Waals surface area contributed by atoms with Gasteiger partial charge in [-0.2, -0.15) is 0 Å². The Morgan fingerprint density at radius 3 is 2.32 bits per heavy atom. The van der Waals surface area contributed by atoms with Crippen LogP contribution in [0.2, 0.25) is 0 Å². The zero-order chi connectivity index (χ0) is 15.5. The molecule has 0 aromatic heterocycles. The van der Waals surface area contributed by atoms with Gasteiger partial charge in [0.25, 0.3) is 0 Å². The summed E-state index contributed by atoms with van der Waals surface area (Å²) in [6.45, 7) is 4.27. The number of hydrogen-bond donors (Lipinski definition) is 0. The summed E-state index contributed by atoms with van der Waals surface area (Å²) in [5.74, 6) is 0.963. The van der Waals surface area contributed by atoms with Crippen LogP contribution in [0, 0.1) is 20.3 Å². The molecule has 0 spiro atoms. The highest BCUT2D eigenvalue weighted by atomic mass is 16.5. The normalized spacial score (nSPS) is 14.8. The highest BCUT2D eigenvalue weighted by molar-refractivity contribution is 6.01. The van der Waals surface area contributed by atoms with Crippen LogP contribution in [-0.2, 0) is 4.74 Å². The van der Waals surface area contributed by atoms with E-state index in [1.165, 1.54) is 33.4 Å². The summed E-state index contributed by atoms with van der Waals surface area (Å²) in [7, 11) is 1.75. The topological polar surface area (TPSA) is 9.23 Å². The molecular weight excluding hydrogens is 268 g/mol. The molecule has 111 valence electrons. The van der Waals surface area contributed by atoms with Crippen LogP contribution in [0.15, 0.2) is 60.4 Å². The summed E-state index contributed by atoms with van der Waals surface area (Å²) >= 11 is 0. The van der Waals surface area contributed by atoms with Crippen molar-refractivity contribution in [2.75, 3.05) is 7.11 Å². The minimum atomic E-state index is 0.905.